The molecular weight excluding hydrogens is 345 g/mol. The van der Waals surface area contributed by atoms with Crippen molar-refractivity contribution in [3.63, 3.8) is 0 Å². The summed E-state index contributed by atoms with van der Waals surface area (Å²) in [4.78, 5) is 13.0. The van der Waals surface area contributed by atoms with Gasteiger partial charge in [-0.15, -0.1) is 22.0 Å². The minimum absolute atomic E-state index is 0.227. The topological polar surface area (TPSA) is 54.9 Å². The molecule has 1 N–H and O–H groups in total. The van der Waals surface area contributed by atoms with Gasteiger partial charge >= 0.3 is 0 Å². The first kappa shape index (κ1) is 16.6. The van der Waals surface area contributed by atoms with Gasteiger partial charge in [-0.3, -0.25) is 4.79 Å². The van der Waals surface area contributed by atoms with Gasteiger partial charge < -0.3 is 5.32 Å². The average Bonchev–Trinajstić information content (AvgIpc) is 3.09. The van der Waals surface area contributed by atoms with Crippen molar-refractivity contribution >= 4 is 29.0 Å². The second kappa shape index (κ2) is 8.03. The molecule has 1 aromatic heterocycles. The molecule has 3 rings (SSSR count). The Bertz CT molecular complexity index is 806. The number of thioether (sulfide) groups is 1. The maximum absolute atomic E-state index is 12.9. The van der Waals surface area contributed by atoms with Crippen molar-refractivity contribution < 1.29 is 9.18 Å². The zero-order valence-corrected chi connectivity index (χ0v) is 14.2. The molecule has 0 radical (unpaired) electrons. The summed E-state index contributed by atoms with van der Waals surface area (Å²) in [5.41, 5.74) is 1.03. The van der Waals surface area contributed by atoms with Gasteiger partial charge in [0.15, 0.2) is 0 Å². The van der Waals surface area contributed by atoms with Crippen LogP contribution in [0.1, 0.15) is 20.4 Å². The van der Waals surface area contributed by atoms with E-state index in [1.165, 1.54) is 35.2 Å². The largest absolute Gasteiger partial charge is 0.346 e. The molecule has 2 aromatic carbocycles. The molecule has 0 unspecified atom stereocenters. The molecule has 0 atom stereocenters. The second-order valence-corrected chi connectivity index (χ2v) is 7.02. The Morgan fingerprint density at radius 1 is 1.08 bits per heavy atom. The van der Waals surface area contributed by atoms with Crippen LogP contribution in [0.5, 0.6) is 0 Å². The first-order valence-corrected chi connectivity index (χ1v) is 9.04. The number of halogens is 1. The number of aromatic nitrogens is 2. The predicted octanol–water partition coefficient (Wildman–Crippen LogP) is 3.90. The van der Waals surface area contributed by atoms with Crippen LogP contribution in [0.15, 0.2) is 59.5 Å². The van der Waals surface area contributed by atoms with Gasteiger partial charge in [-0.1, -0.05) is 41.7 Å². The number of hydrogen-bond acceptors (Lipinski definition) is 5. The fraction of sp³-hybridized carbons (Fsp3) is 0.118. The van der Waals surface area contributed by atoms with Gasteiger partial charge in [0, 0.05) is 11.4 Å². The molecule has 4 nitrogen and oxygen atoms in total. The Hall–Kier alpha value is -2.25. The molecule has 7 heteroatoms. The van der Waals surface area contributed by atoms with E-state index in [1.54, 1.807) is 12.1 Å². The fourth-order valence-corrected chi connectivity index (χ4v) is 3.57. The molecule has 0 saturated carbocycles. The van der Waals surface area contributed by atoms with Gasteiger partial charge in [-0.2, -0.15) is 0 Å². The molecule has 24 heavy (non-hydrogen) atoms. The fourth-order valence-electron chi connectivity index (χ4n) is 1.93. The van der Waals surface area contributed by atoms with Gasteiger partial charge in [0.2, 0.25) is 5.01 Å². The van der Waals surface area contributed by atoms with Gasteiger partial charge in [0.1, 0.15) is 10.8 Å². The summed E-state index contributed by atoms with van der Waals surface area (Å²) in [7, 11) is 0. The van der Waals surface area contributed by atoms with E-state index in [4.69, 9.17) is 0 Å². The van der Waals surface area contributed by atoms with Crippen molar-refractivity contribution in [1.29, 1.82) is 0 Å². The van der Waals surface area contributed by atoms with E-state index >= 15 is 0 Å². The maximum atomic E-state index is 12.9. The summed E-state index contributed by atoms with van der Waals surface area (Å²) in [6.45, 7) is 0.457. The number of nitrogens with zero attached hydrogens (tertiary/aromatic N) is 2. The Labute approximate surface area is 147 Å². The van der Waals surface area contributed by atoms with E-state index < -0.39 is 0 Å². The highest BCUT2D eigenvalue weighted by Gasteiger charge is 2.12. The van der Waals surface area contributed by atoms with Crippen molar-refractivity contribution in [2.24, 2.45) is 0 Å². The summed E-state index contributed by atoms with van der Waals surface area (Å²) in [6.07, 6.45) is 0. The SMILES string of the molecule is O=C(NCc1ccccc1)c1nnc(CSc2ccc(F)cc2)s1. The molecule has 1 amide bonds. The van der Waals surface area contributed by atoms with E-state index in [0.29, 0.717) is 17.3 Å². The number of carbonyl (C=O) groups excluding carboxylic acids is 1. The predicted molar refractivity (Wildman–Crippen MR) is 93.5 cm³/mol. The Kier molecular flexibility index (Phi) is 5.55. The Morgan fingerprint density at radius 3 is 2.58 bits per heavy atom. The third kappa shape index (κ3) is 4.62. The van der Waals surface area contributed by atoms with Crippen LogP contribution in [0.2, 0.25) is 0 Å². The monoisotopic (exact) mass is 359 g/mol. The Balaban J connectivity index is 1.52. The van der Waals surface area contributed by atoms with Gasteiger partial charge in [-0.05, 0) is 29.8 Å². The quantitative estimate of drug-likeness (QED) is 0.678. The number of amides is 1. The number of benzene rings is 2. The molecule has 0 bridgehead atoms. The minimum Gasteiger partial charge on any atom is -0.346 e. The van der Waals surface area contributed by atoms with Crippen LogP contribution in [0.3, 0.4) is 0 Å². The molecule has 0 aliphatic carbocycles. The summed E-state index contributed by atoms with van der Waals surface area (Å²) in [5.74, 6) is 0.108. The lowest BCUT2D eigenvalue weighted by atomic mass is 10.2. The first-order chi connectivity index (χ1) is 11.7. The summed E-state index contributed by atoms with van der Waals surface area (Å²) in [5, 5.41) is 11.9. The molecule has 122 valence electrons. The number of carbonyl (C=O) groups is 1. The van der Waals surface area contributed by atoms with Crippen LogP contribution in [0.4, 0.5) is 4.39 Å². The summed E-state index contributed by atoms with van der Waals surface area (Å²) < 4.78 is 12.9. The average molecular weight is 359 g/mol. The smallest absolute Gasteiger partial charge is 0.282 e. The van der Waals surface area contributed by atoms with E-state index in [1.807, 2.05) is 30.3 Å². The van der Waals surface area contributed by atoms with Crippen molar-refractivity contribution in [3.8, 4) is 0 Å². The molecular formula is C17H14FN3OS2. The Morgan fingerprint density at radius 2 is 1.83 bits per heavy atom. The van der Waals surface area contributed by atoms with Crippen molar-refractivity contribution in [1.82, 2.24) is 15.5 Å². The molecule has 3 aromatic rings. The van der Waals surface area contributed by atoms with Crippen LogP contribution in [-0.2, 0) is 12.3 Å². The summed E-state index contributed by atoms with van der Waals surface area (Å²) in [6, 6.07) is 16.0. The molecule has 0 fully saturated rings. The van der Waals surface area contributed by atoms with Crippen LogP contribution >= 0.6 is 23.1 Å². The van der Waals surface area contributed by atoms with Crippen LogP contribution in [0.25, 0.3) is 0 Å². The number of hydrogen-bond donors (Lipinski definition) is 1. The zero-order chi connectivity index (χ0) is 16.8. The van der Waals surface area contributed by atoms with Crippen molar-refractivity contribution in [3.05, 3.63) is 76.0 Å². The van der Waals surface area contributed by atoms with Gasteiger partial charge in [-0.25, -0.2) is 4.39 Å². The highest BCUT2D eigenvalue weighted by molar-refractivity contribution is 7.98. The van der Waals surface area contributed by atoms with Crippen LogP contribution in [-0.4, -0.2) is 16.1 Å². The third-order valence-electron chi connectivity index (χ3n) is 3.13. The summed E-state index contributed by atoms with van der Waals surface area (Å²) >= 11 is 2.80. The van der Waals surface area contributed by atoms with Crippen molar-refractivity contribution in [2.45, 2.75) is 17.2 Å². The number of rotatable bonds is 6. The van der Waals surface area contributed by atoms with E-state index in [9.17, 15) is 9.18 Å². The molecule has 0 spiro atoms. The lowest BCUT2D eigenvalue weighted by molar-refractivity contribution is 0.0950. The van der Waals surface area contributed by atoms with Gasteiger partial charge in [0.25, 0.3) is 5.91 Å². The van der Waals surface area contributed by atoms with E-state index in [2.05, 4.69) is 15.5 Å². The third-order valence-corrected chi connectivity index (χ3v) is 5.26. The highest BCUT2D eigenvalue weighted by Crippen LogP contribution is 2.24. The normalized spacial score (nSPS) is 10.5. The highest BCUT2D eigenvalue weighted by atomic mass is 32.2. The first-order valence-electron chi connectivity index (χ1n) is 7.23. The maximum Gasteiger partial charge on any atom is 0.282 e. The van der Waals surface area contributed by atoms with Crippen molar-refractivity contribution in [2.75, 3.05) is 0 Å². The standard InChI is InChI=1S/C17H14FN3OS2/c18-13-6-8-14(9-7-13)23-11-15-20-21-17(24-15)16(22)19-10-12-4-2-1-3-5-12/h1-9H,10-11H2,(H,19,22). The lowest BCUT2D eigenvalue weighted by Crippen LogP contribution is -2.22. The lowest BCUT2D eigenvalue weighted by Gasteiger charge is -2.02. The van der Waals surface area contributed by atoms with Gasteiger partial charge in [0.05, 0.1) is 5.75 Å². The van der Waals surface area contributed by atoms with Crippen LogP contribution < -0.4 is 5.32 Å². The molecule has 0 aliphatic rings. The zero-order valence-electron chi connectivity index (χ0n) is 12.6. The minimum atomic E-state index is -0.257. The molecule has 0 saturated heterocycles. The molecule has 1 heterocycles. The van der Waals surface area contributed by atoms with E-state index in [-0.39, 0.29) is 11.7 Å². The molecule has 0 aliphatic heterocycles. The second-order valence-electron chi connectivity index (χ2n) is 4.91. The number of nitrogens with one attached hydrogen (secondary N) is 1. The van der Waals surface area contributed by atoms with Crippen LogP contribution in [0, 0.1) is 5.82 Å². The van der Waals surface area contributed by atoms with E-state index in [0.717, 1.165) is 15.5 Å².